The molecule has 1 aromatic rings. The van der Waals surface area contributed by atoms with Crippen LogP contribution in [0.4, 0.5) is 0 Å². The number of ether oxygens (including phenoxy) is 1. The molecule has 0 saturated heterocycles. The summed E-state index contributed by atoms with van der Waals surface area (Å²) in [7, 11) is 1.45. The first-order chi connectivity index (χ1) is 8.13. The van der Waals surface area contributed by atoms with Gasteiger partial charge >= 0.3 is 5.97 Å². The minimum Gasteiger partial charge on any atom is -0.469 e. The van der Waals surface area contributed by atoms with E-state index in [9.17, 15) is 4.79 Å². The fourth-order valence-corrected chi connectivity index (χ4v) is 2.73. The Morgan fingerprint density at radius 1 is 1.53 bits per heavy atom. The van der Waals surface area contributed by atoms with Crippen molar-refractivity contribution >= 4 is 17.6 Å². The van der Waals surface area contributed by atoms with Gasteiger partial charge in [0.1, 0.15) is 0 Å². The van der Waals surface area contributed by atoms with E-state index in [1.165, 1.54) is 12.7 Å². The summed E-state index contributed by atoms with van der Waals surface area (Å²) in [5.41, 5.74) is 1.17. The predicted octanol–water partition coefficient (Wildman–Crippen LogP) is 3.64. The van der Waals surface area contributed by atoms with Crippen LogP contribution < -0.4 is 0 Å². The van der Waals surface area contributed by atoms with Crippen molar-refractivity contribution in [2.75, 3.05) is 7.11 Å². The molecule has 1 aromatic carbocycles. The Balaban J connectivity index is 1.93. The summed E-state index contributed by atoms with van der Waals surface area (Å²) < 4.78 is 4.75. The van der Waals surface area contributed by atoms with Crippen LogP contribution in [0.25, 0.3) is 0 Å². The van der Waals surface area contributed by atoms with Crippen molar-refractivity contribution in [3.63, 3.8) is 0 Å². The lowest BCUT2D eigenvalue weighted by atomic mass is 9.95. The summed E-state index contributed by atoms with van der Waals surface area (Å²) in [4.78, 5) is 11.3. The molecule has 1 aliphatic rings. The number of halogens is 1. The van der Waals surface area contributed by atoms with E-state index in [4.69, 9.17) is 16.3 Å². The van der Waals surface area contributed by atoms with Gasteiger partial charge in [0.2, 0.25) is 0 Å². The van der Waals surface area contributed by atoms with Crippen molar-refractivity contribution in [2.45, 2.75) is 25.7 Å². The van der Waals surface area contributed by atoms with E-state index in [-0.39, 0.29) is 11.9 Å². The normalized spacial score (nSPS) is 24.2. The van der Waals surface area contributed by atoms with Crippen molar-refractivity contribution in [2.24, 2.45) is 11.8 Å². The lowest BCUT2D eigenvalue weighted by molar-refractivity contribution is -0.142. The molecule has 2 rings (SSSR count). The Hall–Kier alpha value is -1.02. The molecule has 0 radical (unpaired) electrons. The monoisotopic (exact) mass is 252 g/mol. The maximum Gasteiger partial charge on any atom is 0.308 e. The van der Waals surface area contributed by atoms with E-state index in [2.05, 4.69) is 13.0 Å². The van der Waals surface area contributed by atoms with Gasteiger partial charge in [-0.15, -0.1) is 0 Å². The number of benzene rings is 1. The van der Waals surface area contributed by atoms with Crippen molar-refractivity contribution < 1.29 is 9.53 Å². The van der Waals surface area contributed by atoms with Crippen LogP contribution >= 0.6 is 11.6 Å². The Kier molecular flexibility index (Phi) is 3.72. The molecular formula is C14H17ClO2. The number of hydrogen-bond donors (Lipinski definition) is 0. The Morgan fingerprint density at radius 3 is 2.88 bits per heavy atom. The molecule has 1 fully saturated rings. The second-order valence-electron chi connectivity index (χ2n) is 4.78. The Bertz CT molecular complexity index is 416. The summed E-state index contributed by atoms with van der Waals surface area (Å²) in [6.07, 6.45) is 1.96. The molecule has 3 unspecified atom stereocenters. The Morgan fingerprint density at radius 2 is 2.24 bits per heavy atom. The standard InChI is InChI=1S/C14H17ClO2/c1-9(11-5-3-4-6-13(11)15)7-10-8-12(10)14(16)17-2/h3-6,9-10,12H,7-8H2,1-2H3. The molecule has 2 nitrogen and oxygen atoms in total. The number of rotatable bonds is 4. The van der Waals surface area contributed by atoms with E-state index < -0.39 is 0 Å². The summed E-state index contributed by atoms with van der Waals surface area (Å²) in [6.45, 7) is 2.16. The van der Waals surface area contributed by atoms with E-state index in [0.717, 1.165) is 17.9 Å². The van der Waals surface area contributed by atoms with Crippen molar-refractivity contribution in [3.8, 4) is 0 Å². The van der Waals surface area contributed by atoms with E-state index in [0.29, 0.717) is 11.8 Å². The van der Waals surface area contributed by atoms with Gasteiger partial charge in [0.25, 0.3) is 0 Å². The maximum absolute atomic E-state index is 11.3. The van der Waals surface area contributed by atoms with Gasteiger partial charge in [0.05, 0.1) is 13.0 Å². The van der Waals surface area contributed by atoms with Gasteiger partial charge in [0.15, 0.2) is 0 Å². The molecule has 0 bridgehead atoms. The summed E-state index contributed by atoms with van der Waals surface area (Å²) >= 11 is 6.16. The van der Waals surface area contributed by atoms with E-state index >= 15 is 0 Å². The van der Waals surface area contributed by atoms with Crippen LogP contribution in [0.5, 0.6) is 0 Å². The number of hydrogen-bond acceptors (Lipinski definition) is 2. The average molecular weight is 253 g/mol. The zero-order valence-electron chi connectivity index (χ0n) is 10.2. The van der Waals surface area contributed by atoms with Gasteiger partial charge < -0.3 is 4.74 Å². The predicted molar refractivity (Wildman–Crippen MR) is 68.1 cm³/mol. The van der Waals surface area contributed by atoms with E-state index in [1.807, 2.05) is 18.2 Å². The molecule has 0 aliphatic heterocycles. The zero-order valence-corrected chi connectivity index (χ0v) is 10.9. The third-order valence-corrected chi connectivity index (χ3v) is 3.86. The topological polar surface area (TPSA) is 26.3 Å². The molecule has 17 heavy (non-hydrogen) atoms. The molecule has 3 heteroatoms. The van der Waals surface area contributed by atoms with Gasteiger partial charge in [-0.3, -0.25) is 4.79 Å². The summed E-state index contributed by atoms with van der Waals surface area (Å²) in [5, 5.41) is 0.815. The fourth-order valence-electron chi connectivity index (χ4n) is 2.40. The van der Waals surface area contributed by atoms with Crippen molar-refractivity contribution in [1.82, 2.24) is 0 Å². The molecule has 1 saturated carbocycles. The second kappa shape index (κ2) is 5.09. The van der Waals surface area contributed by atoms with Crippen molar-refractivity contribution in [1.29, 1.82) is 0 Å². The number of methoxy groups -OCH3 is 1. The summed E-state index contributed by atoms with van der Waals surface area (Å²) in [6, 6.07) is 7.91. The molecule has 0 N–H and O–H groups in total. The molecule has 3 atom stereocenters. The van der Waals surface area contributed by atoms with Crippen LogP contribution in [0.15, 0.2) is 24.3 Å². The van der Waals surface area contributed by atoms with Gasteiger partial charge in [-0.2, -0.15) is 0 Å². The highest BCUT2D eigenvalue weighted by molar-refractivity contribution is 6.31. The quantitative estimate of drug-likeness (QED) is 0.765. The number of carbonyl (C=O) groups is 1. The smallest absolute Gasteiger partial charge is 0.308 e. The van der Waals surface area contributed by atoms with Crippen LogP contribution in [-0.2, 0) is 9.53 Å². The molecule has 92 valence electrons. The lowest BCUT2D eigenvalue weighted by Crippen LogP contribution is -2.05. The van der Waals surface area contributed by atoms with Gasteiger partial charge in [-0.05, 0) is 36.3 Å². The minimum atomic E-state index is -0.0682. The first-order valence-electron chi connectivity index (χ1n) is 5.95. The lowest BCUT2D eigenvalue weighted by Gasteiger charge is -2.13. The second-order valence-corrected chi connectivity index (χ2v) is 5.19. The third-order valence-electron chi connectivity index (χ3n) is 3.52. The maximum atomic E-state index is 11.3. The van der Waals surface area contributed by atoms with Crippen LogP contribution in [0, 0.1) is 11.8 Å². The molecule has 0 spiro atoms. The SMILES string of the molecule is COC(=O)C1CC1CC(C)c1ccccc1Cl. The highest BCUT2D eigenvalue weighted by Gasteiger charge is 2.44. The first kappa shape index (κ1) is 12.4. The molecule has 0 heterocycles. The van der Waals surface area contributed by atoms with Crippen LogP contribution in [0.2, 0.25) is 5.02 Å². The summed E-state index contributed by atoms with van der Waals surface area (Å²) in [5.74, 6) is 0.906. The van der Waals surface area contributed by atoms with Gasteiger partial charge in [0, 0.05) is 5.02 Å². The molecule has 0 amide bonds. The molecule has 1 aliphatic carbocycles. The Labute approximate surface area is 107 Å². The fraction of sp³-hybridized carbons (Fsp3) is 0.500. The minimum absolute atomic E-state index is 0.0682. The van der Waals surface area contributed by atoms with Crippen LogP contribution in [0.3, 0.4) is 0 Å². The average Bonchev–Trinajstić information content (AvgIpc) is 3.07. The van der Waals surface area contributed by atoms with Gasteiger partial charge in [-0.1, -0.05) is 36.7 Å². The highest BCUT2D eigenvalue weighted by Crippen LogP contribution is 2.46. The van der Waals surface area contributed by atoms with Gasteiger partial charge in [-0.25, -0.2) is 0 Å². The highest BCUT2D eigenvalue weighted by atomic mass is 35.5. The number of esters is 1. The van der Waals surface area contributed by atoms with Crippen LogP contribution in [0.1, 0.15) is 31.2 Å². The molecular weight excluding hydrogens is 236 g/mol. The van der Waals surface area contributed by atoms with Crippen molar-refractivity contribution in [3.05, 3.63) is 34.9 Å². The molecule has 0 aromatic heterocycles. The first-order valence-corrected chi connectivity index (χ1v) is 6.33. The van der Waals surface area contributed by atoms with E-state index in [1.54, 1.807) is 0 Å². The zero-order chi connectivity index (χ0) is 12.4. The third kappa shape index (κ3) is 2.81. The largest absolute Gasteiger partial charge is 0.469 e. The number of carbonyl (C=O) groups excluding carboxylic acids is 1. The van der Waals surface area contributed by atoms with Crippen LogP contribution in [-0.4, -0.2) is 13.1 Å².